The third kappa shape index (κ3) is 11.3. The van der Waals surface area contributed by atoms with Crippen molar-refractivity contribution in [1.29, 1.82) is 0 Å². The lowest BCUT2D eigenvalue weighted by Gasteiger charge is -2.39. The summed E-state index contributed by atoms with van der Waals surface area (Å²) in [4.78, 5) is 25.1. The fourth-order valence-corrected chi connectivity index (χ4v) is 9.54. The predicted octanol–water partition coefficient (Wildman–Crippen LogP) is 7.63. The molecule has 10 nitrogen and oxygen atoms in total. The van der Waals surface area contributed by atoms with Crippen LogP contribution in [0.3, 0.4) is 0 Å². The SMILES string of the molecule is C#C[C@]1(F)[C@H](BC(c2ccccc2)(c2ccc(OC)cc2)c2ccc(OC)cc2)O[C@H](CO)[C@H]1OP(=O)(OCCSC(=O)C(C)(C)C)OCCSC(=O)C(C)(C)C. The molecule has 0 radical (unpaired) electrons. The zero-order valence-corrected chi connectivity index (χ0v) is 36.3. The second kappa shape index (κ2) is 19.8. The number of methoxy groups -OCH3 is 2. The lowest BCUT2D eigenvalue weighted by Crippen LogP contribution is -2.52. The van der Waals surface area contributed by atoms with Gasteiger partial charge in [0.15, 0.2) is 17.5 Å². The van der Waals surface area contributed by atoms with Gasteiger partial charge in [-0.15, -0.1) is 6.42 Å². The van der Waals surface area contributed by atoms with Crippen LogP contribution in [0.5, 0.6) is 11.5 Å². The molecular weight excluding hydrogens is 789 g/mol. The first-order chi connectivity index (χ1) is 26.9. The fourth-order valence-electron chi connectivity index (χ4n) is 6.33. The summed E-state index contributed by atoms with van der Waals surface area (Å²) in [6.45, 7) is 9.39. The minimum absolute atomic E-state index is 0.0938. The molecule has 1 N–H and O–H groups in total. The number of rotatable bonds is 18. The van der Waals surface area contributed by atoms with Gasteiger partial charge in [-0.3, -0.25) is 23.2 Å². The molecule has 1 fully saturated rings. The Morgan fingerprint density at radius 3 is 1.65 bits per heavy atom. The van der Waals surface area contributed by atoms with E-state index in [1.807, 2.05) is 78.9 Å². The van der Waals surface area contributed by atoms with Gasteiger partial charge in [0.05, 0.1) is 40.0 Å². The topological polar surface area (TPSA) is 127 Å². The van der Waals surface area contributed by atoms with E-state index in [2.05, 4.69) is 5.92 Å². The van der Waals surface area contributed by atoms with Gasteiger partial charge in [-0.2, -0.15) is 0 Å². The summed E-state index contributed by atoms with van der Waals surface area (Å²) in [7, 11) is -1.66. The smallest absolute Gasteiger partial charge is 0.475 e. The van der Waals surface area contributed by atoms with Gasteiger partial charge in [-0.05, 0) is 41.0 Å². The highest BCUT2D eigenvalue weighted by Crippen LogP contribution is 2.55. The van der Waals surface area contributed by atoms with Crippen molar-refractivity contribution < 1.29 is 51.4 Å². The largest absolute Gasteiger partial charge is 0.497 e. The van der Waals surface area contributed by atoms with E-state index in [1.165, 1.54) is 0 Å². The molecule has 4 rings (SSSR count). The minimum atomic E-state index is -4.69. The molecule has 3 aromatic carbocycles. The average molecular weight is 843 g/mol. The minimum Gasteiger partial charge on any atom is -0.497 e. The average Bonchev–Trinajstić information content (AvgIpc) is 3.45. The summed E-state index contributed by atoms with van der Waals surface area (Å²) in [5.74, 6) is 3.66. The number of phosphoric acid groups is 1. The zero-order chi connectivity index (χ0) is 42.1. The molecule has 1 aliphatic rings. The Bertz CT molecular complexity index is 1790. The molecule has 0 aliphatic carbocycles. The first-order valence-electron chi connectivity index (χ1n) is 18.6. The van der Waals surface area contributed by atoms with Crippen molar-refractivity contribution >= 4 is 48.9 Å². The predicted molar refractivity (Wildman–Crippen MR) is 226 cm³/mol. The third-order valence-corrected chi connectivity index (χ3v) is 13.5. The molecule has 1 heterocycles. The van der Waals surface area contributed by atoms with Gasteiger partial charge in [-0.25, -0.2) is 8.96 Å². The van der Waals surface area contributed by atoms with Gasteiger partial charge in [0, 0.05) is 27.7 Å². The van der Waals surface area contributed by atoms with Crippen molar-refractivity contribution in [2.24, 2.45) is 10.8 Å². The molecule has 57 heavy (non-hydrogen) atoms. The maximum Gasteiger partial charge on any atom is 0.475 e. The van der Waals surface area contributed by atoms with E-state index >= 15 is 4.39 Å². The van der Waals surface area contributed by atoms with E-state index in [9.17, 15) is 19.3 Å². The number of hydrogen-bond donors (Lipinski definition) is 1. The van der Waals surface area contributed by atoms with Gasteiger partial charge in [-0.1, -0.05) is 126 Å². The molecule has 0 spiro atoms. The van der Waals surface area contributed by atoms with E-state index in [0.717, 1.165) is 40.2 Å². The van der Waals surface area contributed by atoms with Crippen LogP contribution in [0, 0.1) is 23.2 Å². The first kappa shape index (κ1) is 46.6. The third-order valence-electron chi connectivity index (χ3n) is 9.48. The van der Waals surface area contributed by atoms with Crippen LogP contribution < -0.4 is 9.47 Å². The van der Waals surface area contributed by atoms with Gasteiger partial charge >= 0.3 is 7.82 Å². The van der Waals surface area contributed by atoms with Crippen molar-refractivity contribution in [3.63, 3.8) is 0 Å². The van der Waals surface area contributed by atoms with Crippen molar-refractivity contribution in [1.82, 2.24) is 0 Å². The standard InChI is InChI=1S/C42H53BFO10PS2/c1-10-41(44)35(54-55(48,51-24-26-56-37(46)39(2,3)4)52-25-27-57-38(47)40(5,6)7)34(28-45)53-36(41)43-42(29-14-12-11-13-15-29,30-16-20-32(49-8)21-17-30)31-18-22-33(50-9)23-19-31/h1,11-23,34-36,43,45H,24-28H2,2-9H3/t34-,35-,36-,41-/m1/s1. The number of thioether (sulfide) groups is 2. The van der Waals surface area contributed by atoms with E-state index in [4.69, 9.17) is 34.2 Å². The molecular formula is C42H53BFO10PS2. The van der Waals surface area contributed by atoms with Crippen LogP contribution in [0.2, 0.25) is 0 Å². The zero-order valence-electron chi connectivity index (χ0n) is 33.8. The first-order valence-corrected chi connectivity index (χ1v) is 22.0. The monoisotopic (exact) mass is 842 g/mol. The van der Waals surface area contributed by atoms with Gasteiger partial charge < -0.3 is 19.3 Å². The molecule has 3 aromatic rings. The summed E-state index contributed by atoms with van der Waals surface area (Å²) in [5.41, 5.74) is -1.74. The number of alkyl halides is 1. The molecule has 0 bridgehead atoms. The molecule has 15 heteroatoms. The molecule has 0 amide bonds. The van der Waals surface area contributed by atoms with Gasteiger partial charge in [0.1, 0.15) is 23.7 Å². The fraction of sp³-hybridized carbons (Fsp3) is 0.476. The molecule has 0 aromatic heterocycles. The normalized spacial score (nSPS) is 20.1. The van der Waals surface area contributed by atoms with Crippen molar-refractivity contribution in [2.45, 2.75) is 70.7 Å². The number of aliphatic hydroxyl groups is 1. The lowest BCUT2D eigenvalue weighted by molar-refractivity contribution is -0.118. The summed E-state index contributed by atoms with van der Waals surface area (Å²) < 4.78 is 67.0. The molecule has 4 atom stereocenters. The van der Waals surface area contributed by atoms with Crippen LogP contribution in [0.1, 0.15) is 58.2 Å². The Labute approximate surface area is 345 Å². The van der Waals surface area contributed by atoms with Crippen molar-refractivity contribution in [3.05, 3.63) is 95.6 Å². The molecule has 0 saturated carbocycles. The lowest BCUT2D eigenvalue weighted by atomic mass is 9.40. The number of aliphatic hydroxyl groups excluding tert-OH is 1. The molecule has 1 aliphatic heterocycles. The second-order valence-electron chi connectivity index (χ2n) is 15.6. The second-order valence-corrected chi connectivity index (χ2v) is 19.4. The van der Waals surface area contributed by atoms with E-state index in [-0.39, 0.29) is 42.2 Å². The van der Waals surface area contributed by atoms with Gasteiger partial charge in [0.25, 0.3) is 0 Å². The highest BCUT2D eigenvalue weighted by molar-refractivity contribution is 8.14. The van der Waals surface area contributed by atoms with E-state index < -0.39 is 54.5 Å². The van der Waals surface area contributed by atoms with E-state index in [1.54, 1.807) is 55.8 Å². The number of carbonyl (C=O) groups excluding carboxylic acids is 2. The van der Waals surface area contributed by atoms with Crippen LogP contribution in [0.25, 0.3) is 0 Å². The summed E-state index contributed by atoms with van der Waals surface area (Å²) in [6.07, 6.45) is 2.81. The van der Waals surface area contributed by atoms with Crippen LogP contribution in [0.15, 0.2) is 78.9 Å². The summed E-state index contributed by atoms with van der Waals surface area (Å²) in [5, 5.41) is 9.29. The molecule has 308 valence electrons. The molecule has 0 unspecified atom stereocenters. The number of carbonyl (C=O) groups is 2. The van der Waals surface area contributed by atoms with Crippen LogP contribution in [-0.4, -0.2) is 92.0 Å². The summed E-state index contributed by atoms with van der Waals surface area (Å²) in [6, 6.07) is 22.8. The maximum atomic E-state index is 17.9. The van der Waals surface area contributed by atoms with Gasteiger partial charge in [0.2, 0.25) is 5.67 Å². The van der Waals surface area contributed by atoms with Crippen LogP contribution >= 0.6 is 31.3 Å². The highest BCUT2D eigenvalue weighted by Gasteiger charge is 2.62. The highest BCUT2D eigenvalue weighted by atomic mass is 32.2. The van der Waals surface area contributed by atoms with Crippen LogP contribution in [-0.2, 0) is 37.8 Å². The Hall–Kier alpha value is -3.12. The van der Waals surface area contributed by atoms with Crippen LogP contribution in [0.4, 0.5) is 4.39 Å². The molecule has 1 saturated heterocycles. The number of benzene rings is 3. The Morgan fingerprint density at radius 1 is 0.825 bits per heavy atom. The Morgan fingerprint density at radius 2 is 1.26 bits per heavy atom. The number of halogens is 1. The number of hydrogen-bond acceptors (Lipinski definition) is 12. The Kier molecular flexibility index (Phi) is 16.1. The number of phosphoric ester groups is 1. The number of terminal acetylenes is 1. The van der Waals surface area contributed by atoms with Crippen molar-refractivity contribution in [3.8, 4) is 23.8 Å². The van der Waals surface area contributed by atoms with Crippen molar-refractivity contribution in [2.75, 3.05) is 45.5 Å². The summed E-state index contributed by atoms with van der Waals surface area (Å²) >= 11 is 1.97. The quantitative estimate of drug-likeness (QED) is 0.0445. The number of ether oxygens (including phenoxy) is 3. The maximum absolute atomic E-state index is 17.9. The van der Waals surface area contributed by atoms with E-state index in [0.29, 0.717) is 11.5 Å². The Balaban J connectivity index is 1.75.